The van der Waals surface area contributed by atoms with Gasteiger partial charge in [-0.05, 0) is 19.1 Å². The lowest BCUT2D eigenvalue weighted by Gasteiger charge is -2.14. The summed E-state index contributed by atoms with van der Waals surface area (Å²) in [5.41, 5.74) is 1.96. The minimum absolute atomic E-state index is 0.0146. The molecule has 0 bridgehead atoms. The molecule has 0 spiro atoms. The van der Waals surface area contributed by atoms with E-state index >= 15 is 0 Å². The van der Waals surface area contributed by atoms with Crippen LogP contribution in [-0.2, 0) is 0 Å². The van der Waals surface area contributed by atoms with E-state index in [1.54, 1.807) is 44.6 Å². The molecular weight excluding hydrogens is 374 g/mol. The predicted octanol–water partition coefficient (Wildman–Crippen LogP) is 3.59. The second kappa shape index (κ2) is 8.87. The molecule has 2 N–H and O–H groups in total. The Hall–Kier alpha value is -3.88. The highest BCUT2D eigenvalue weighted by Crippen LogP contribution is 2.40. The van der Waals surface area contributed by atoms with Crippen LogP contribution in [0.1, 0.15) is 17.3 Å². The van der Waals surface area contributed by atoms with Crippen LogP contribution in [0.4, 0.5) is 23.1 Å². The number of anilines is 4. The Balaban J connectivity index is 1.83. The van der Waals surface area contributed by atoms with E-state index in [0.717, 1.165) is 5.69 Å². The first-order valence-electron chi connectivity index (χ1n) is 8.69. The van der Waals surface area contributed by atoms with Gasteiger partial charge in [0.05, 0.1) is 27.5 Å². The molecule has 2 aromatic carbocycles. The van der Waals surface area contributed by atoms with Crippen molar-refractivity contribution in [1.82, 2.24) is 15.2 Å². The van der Waals surface area contributed by atoms with Gasteiger partial charge in [-0.1, -0.05) is 12.1 Å². The third kappa shape index (κ3) is 4.70. The number of carbonyl (C=O) groups excluding carboxylic acids is 1. The largest absolute Gasteiger partial charge is 0.493 e. The molecule has 1 heterocycles. The zero-order valence-corrected chi connectivity index (χ0v) is 16.5. The highest BCUT2D eigenvalue weighted by molar-refractivity contribution is 5.95. The summed E-state index contributed by atoms with van der Waals surface area (Å²) >= 11 is 0. The molecule has 3 aromatic rings. The molecule has 0 fully saturated rings. The van der Waals surface area contributed by atoms with E-state index in [2.05, 4.69) is 25.8 Å². The molecule has 1 aromatic heterocycles. The second-order valence-corrected chi connectivity index (χ2v) is 5.97. The highest BCUT2D eigenvalue weighted by atomic mass is 16.5. The molecule has 9 heteroatoms. The van der Waals surface area contributed by atoms with E-state index in [9.17, 15) is 4.79 Å². The molecule has 29 heavy (non-hydrogen) atoms. The number of ether oxygens (including phenoxy) is 3. The second-order valence-electron chi connectivity index (χ2n) is 5.97. The third-order valence-corrected chi connectivity index (χ3v) is 4.02. The van der Waals surface area contributed by atoms with Gasteiger partial charge in [-0.2, -0.15) is 10.1 Å². The maximum atomic E-state index is 11.6. The van der Waals surface area contributed by atoms with E-state index in [1.165, 1.54) is 20.2 Å². The molecule has 0 saturated carbocycles. The van der Waals surface area contributed by atoms with E-state index in [-0.39, 0.29) is 11.7 Å². The van der Waals surface area contributed by atoms with Gasteiger partial charge in [-0.3, -0.25) is 4.79 Å². The molecule has 0 atom stereocenters. The van der Waals surface area contributed by atoms with Gasteiger partial charge in [0.25, 0.3) is 0 Å². The molecule has 0 aliphatic rings. The van der Waals surface area contributed by atoms with Crippen LogP contribution in [0.2, 0.25) is 0 Å². The summed E-state index contributed by atoms with van der Waals surface area (Å²) < 4.78 is 16.0. The number of ketones is 1. The summed E-state index contributed by atoms with van der Waals surface area (Å²) in [4.78, 5) is 16.0. The predicted molar refractivity (Wildman–Crippen MR) is 109 cm³/mol. The topological polar surface area (TPSA) is 107 Å². The normalized spacial score (nSPS) is 10.2. The summed E-state index contributed by atoms with van der Waals surface area (Å²) in [6, 6.07) is 10.6. The van der Waals surface area contributed by atoms with Gasteiger partial charge in [0.1, 0.15) is 0 Å². The van der Waals surface area contributed by atoms with Gasteiger partial charge in [-0.25, -0.2) is 0 Å². The van der Waals surface area contributed by atoms with E-state index in [1.807, 2.05) is 6.07 Å². The summed E-state index contributed by atoms with van der Waals surface area (Å²) in [7, 11) is 4.62. The molecule has 0 aliphatic heterocycles. The van der Waals surface area contributed by atoms with Gasteiger partial charge < -0.3 is 24.8 Å². The fourth-order valence-electron chi connectivity index (χ4n) is 2.66. The average molecular weight is 395 g/mol. The van der Waals surface area contributed by atoms with Crippen LogP contribution in [0.25, 0.3) is 0 Å². The van der Waals surface area contributed by atoms with Crippen molar-refractivity contribution in [2.45, 2.75) is 6.92 Å². The maximum Gasteiger partial charge on any atom is 0.249 e. The van der Waals surface area contributed by atoms with Crippen molar-refractivity contribution in [2.24, 2.45) is 0 Å². The van der Waals surface area contributed by atoms with Crippen LogP contribution in [0, 0.1) is 0 Å². The summed E-state index contributed by atoms with van der Waals surface area (Å²) in [5, 5.41) is 14.1. The van der Waals surface area contributed by atoms with Gasteiger partial charge >= 0.3 is 0 Å². The first-order chi connectivity index (χ1) is 14.0. The van der Waals surface area contributed by atoms with Crippen LogP contribution in [0.3, 0.4) is 0 Å². The molecule has 150 valence electrons. The standard InChI is InChI=1S/C20H21N5O4/c1-12(26)13-6-5-7-14(8-13)22-18-11-21-25-20(24-18)23-15-9-16(27-2)19(29-4)17(10-15)28-3/h5-11H,1-4H3,(H2,22,23,24,25). The van der Waals surface area contributed by atoms with Crippen molar-refractivity contribution in [3.63, 3.8) is 0 Å². The number of methoxy groups -OCH3 is 3. The minimum atomic E-state index is -0.0146. The summed E-state index contributed by atoms with van der Waals surface area (Å²) in [6.07, 6.45) is 1.49. The van der Waals surface area contributed by atoms with Gasteiger partial charge in [-0.15, -0.1) is 5.10 Å². The summed E-state index contributed by atoms with van der Waals surface area (Å²) in [5.74, 6) is 2.21. The van der Waals surface area contributed by atoms with E-state index in [4.69, 9.17) is 14.2 Å². The van der Waals surface area contributed by atoms with Crippen LogP contribution in [-0.4, -0.2) is 42.3 Å². The molecule has 3 rings (SSSR count). The van der Waals surface area contributed by atoms with E-state index < -0.39 is 0 Å². The number of rotatable bonds is 8. The van der Waals surface area contributed by atoms with E-state index in [0.29, 0.717) is 34.3 Å². The third-order valence-electron chi connectivity index (χ3n) is 4.02. The lowest BCUT2D eigenvalue weighted by atomic mass is 10.1. The molecule has 0 saturated heterocycles. The number of hydrogen-bond acceptors (Lipinski definition) is 9. The van der Waals surface area contributed by atoms with Crippen molar-refractivity contribution in [1.29, 1.82) is 0 Å². The van der Waals surface area contributed by atoms with Crippen LogP contribution >= 0.6 is 0 Å². The Kier molecular flexibility index (Phi) is 6.08. The zero-order chi connectivity index (χ0) is 20.8. The van der Waals surface area contributed by atoms with Crippen LogP contribution < -0.4 is 24.8 Å². The number of hydrogen-bond donors (Lipinski definition) is 2. The fraction of sp³-hybridized carbons (Fsp3) is 0.200. The molecule has 0 aliphatic carbocycles. The number of aromatic nitrogens is 3. The number of benzene rings is 2. The van der Waals surface area contributed by atoms with Crippen LogP contribution in [0.5, 0.6) is 17.2 Å². The van der Waals surface area contributed by atoms with Gasteiger partial charge in [0.15, 0.2) is 23.1 Å². The van der Waals surface area contributed by atoms with Crippen molar-refractivity contribution >= 4 is 28.9 Å². The fourth-order valence-corrected chi connectivity index (χ4v) is 2.66. The van der Waals surface area contributed by atoms with Crippen molar-refractivity contribution < 1.29 is 19.0 Å². The lowest BCUT2D eigenvalue weighted by molar-refractivity contribution is 0.101. The number of nitrogens with zero attached hydrogens (tertiary/aromatic N) is 3. The average Bonchev–Trinajstić information content (AvgIpc) is 2.73. The summed E-state index contributed by atoms with van der Waals surface area (Å²) in [6.45, 7) is 1.52. The molecular formula is C20H21N5O4. The number of Topliss-reactive ketones (excluding diaryl/α,β-unsaturated/α-hetero) is 1. The maximum absolute atomic E-state index is 11.6. The van der Waals surface area contributed by atoms with Crippen molar-refractivity contribution in [3.05, 3.63) is 48.2 Å². The smallest absolute Gasteiger partial charge is 0.249 e. The first-order valence-corrected chi connectivity index (χ1v) is 8.69. The Labute approximate surface area is 168 Å². The Morgan fingerprint density at radius 1 is 0.931 bits per heavy atom. The molecule has 9 nitrogen and oxygen atoms in total. The quantitative estimate of drug-likeness (QED) is 0.553. The van der Waals surface area contributed by atoms with Crippen molar-refractivity contribution in [3.8, 4) is 17.2 Å². The Morgan fingerprint density at radius 2 is 1.66 bits per heavy atom. The zero-order valence-electron chi connectivity index (χ0n) is 16.5. The van der Waals surface area contributed by atoms with Gasteiger partial charge in [0.2, 0.25) is 11.7 Å². The Morgan fingerprint density at radius 3 is 2.28 bits per heavy atom. The van der Waals surface area contributed by atoms with Crippen LogP contribution in [0.15, 0.2) is 42.6 Å². The molecule has 0 radical (unpaired) electrons. The number of nitrogens with one attached hydrogen (secondary N) is 2. The lowest BCUT2D eigenvalue weighted by Crippen LogP contribution is -2.04. The Bertz CT molecular complexity index is 1000. The monoisotopic (exact) mass is 395 g/mol. The first kappa shape index (κ1) is 19.9. The minimum Gasteiger partial charge on any atom is -0.493 e. The van der Waals surface area contributed by atoms with Crippen molar-refractivity contribution in [2.75, 3.05) is 32.0 Å². The highest BCUT2D eigenvalue weighted by Gasteiger charge is 2.14. The van der Waals surface area contributed by atoms with Gasteiger partial charge in [0, 0.05) is 29.1 Å². The molecule has 0 unspecified atom stereocenters. The molecule has 0 amide bonds. The SMILES string of the molecule is COc1cc(Nc2nncc(Nc3cccc(C(C)=O)c3)n2)cc(OC)c1OC. The number of carbonyl (C=O) groups is 1.